The number of hydrogen-bond donors (Lipinski definition) is 2. The first kappa shape index (κ1) is 16.5. The van der Waals surface area contributed by atoms with Crippen LogP contribution in [-0.4, -0.2) is 16.3 Å². The highest BCUT2D eigenvalue weighted by atomic mass is 16.5. The number of aromatic nitrogens is 1. The van der Waals surface area contributed by atoms with Gasteiger partial charge >= 0.3 is 5.97 Å². The van der Waals surface area contributed by atoms with E-state index in [9.17, 15) is 10.0 Å². The fourth-order valence-corrected chi connectivity index (χ4v) is 3.89. The lowest BCUT2D eigenvalue weighted by Crippen LogP contribution is -2.29. The van der Waals surface area contributed by atoms with Gasteiger partial charge in [-0.2, -0.15) is 0 Å². The predicted molar refractivity (Wildman–Crippen MR) is 90.2 cm³/mol. The molecular formula is C20H24NO3+. The minimum atomic E-state index is -0.875. The normalized spacial score (nSPS) is 21.5. The van der Waals surface area contributed by atoms with Crippen LogP contribution in [-0.2, 0) is 6.42 Å². The quantitative estimate of drug-likeness (QED) is 0.651. The largest absolute Gasteiger partial charge is 0.478 e. The van der Waals surface area contributed by atoms with Crippen LogP contribution in [0.4, 0.5) is 0 Å². The summed E-state index contributed by atoms with van der Waals surface area (Å²) in [7, 11) is 0. The fraction of sp³-hybridized carbons (Fsp3) is 0.400. The Balaban J connectivity index is 1.60. The summed E-state index contributed by atoms with van der Waals surface area (Å²) in [5, 5.41) is 18.6. The molecule has 1 aliphatic carbocycles. The fourth-order valence-electron chi connectivity index (χ4n) is 3.89. The Morgan fingerprint density at radius 3 is 2.67 bits per heavy atom. The third-order valence-electron chi connectivity index (χ3n) is 5.35. The lowest BCUT2D eigenvalue weighted by atomic mass is 9.86. The minimum Gasteiger partial charge on any atom is -0.478 e. The Kier molecular flexibility index (Phi) is 4.84. The second-order valence-electron chi connectivity index (χ2n) is 6.95. The lowest BCUT2D eigenvalue weighted by Gasteiger charge is -2.18. The first-order valence-corrected chi connectivity index (χ1v) is 8.55. The van der Waals surface area contributed by atoms with Gasteiger partial charge in [0.1, 0.15) is 0 Å². The molecule has 1 unspecified atom stereocenters. The standard InChI is InChI=1S/C20H23NO3/c1-14(19-3-2-10-21(24)13-19)18-9-6-16(12-18)11-15-4-7-17(8-5-15)20(22)23/h2-5,7-8,10,13-14,16,18H,6,9,11-12H2,1H3,(H-,22,23,24)/p+1/t14-,16?,18-/m0/s1. The molecule has 1 saturated carbocycles. The van der Waals surface area contributed by atoms with E-state index in [1.54, 1.807) is 24.5 Å². The molecule has 1 aromatic heterocycles. The summed E-state index contributed by atoms with van der Waals surface area (Å²) in [6.07, 6.45) is 8.04. The van der Waals surface area contributed by atoms with E-state index in [-0.39, 0.29) is 0 Å². The molecule has 24 heavy (non-hydrogen) atoms. The summed E-state index contributed by atoms with van der Waals surface area (Å²) < 4.78 is 1.13. The van der Waals surface area contributed by atoms with Crippen LogP contribution in [0.3, 0.4) is 0 Å². The topological polar surface area (TPSA) is 61.4 Å². The van der Waals surface area contributed by atoms with Gasteiger partial charge in [0.2, 0.25) is 12.4 Å². The first-order chi connectivity index (χ1) is 11.5. The summed E-state index contributed by atoms with van der Waals surface area (Å²) in [5.74, 6) is 0.845. The molecule has 2 aromatic rings. The second kappa shape index (κ2) is 7.04. The zero-order chi connectivity index (χ0) is 17.1. The van der Waals surface area contributed by atoms with Crippen LogP contribution in [0.5, 0.6) is 0 Å². The number of hydrogen-bond acceptors (Lipinski definition) is 2. The third-order valence-corrected chi connectivity index (χ3v) is 5.35. The van der Waals surface area contributed by atoms with Crippen LogP contribution in [0.15, 0.2) is 48.8 Å². The summed E-state index contributed by atoms with van der Waals surface area (Å²) in [5.41, 5.74) is 2.74. The van der Waals surface area contributed by atoms with Crippen molar-refractivity contribution in [3.8, 4) is 0 Å². The van der Waals surface area contributed by atoms with Crippen molar-refractivity contribution >= 4 is 5.97 Å². The molecule has 0 radical (unpaired) electrons. The van der Waals surface area contributed by atoms with Gasteiger partial charge in [-0.15, -0.1) is 0 Å². The Labute approximate surface area is 142 Å². The summed E-state index contributed by atoms with van der Waals surface area (Å²) in [6.45, 7) is 2.24. The molecule has 4 heteroatoms. The number of carboxylic acid groups (broad SMARTS) is 1. The maximum Gasteiger partial charge on any atom is 0.335 e. The Bertz CT molecular complexity index is 711. The summed E-state index contributed by atoms with van der Waals surface area (Å²) in [4.78, 5) is 10.9. The van der Waals surface area contributed by atoms with E-state index >= 15 is 0 Å². The molecule has 0 saturated heterocycles. The van der Waals surface area contributed by atoms with Crippen LogP contribution in [0.25, 0.3) is 0 Å². The molecule has 0 amide bonds. The third kappa shape index (κ3) is 3.75. The molecule has 3 rings (SSSR count). The molecular weight excluding hydrogens is 302 g/mol. The molecule has 0 bridgehead atoms. The number of aromatic carboxylic acids is 1. The number of benzene rings is 1. The van der Waals surface area contributed by atoms with Crippen LogP contribution in [0, 0.1) is 11.8 Å². The highest BCUT2D eigenvalue weighted by Crippen LogP contribution is 2.41. The van der Waals surface area contributed by atoms with Crippen LogP contribution in [0.1, 0.15) is 53.6 Å². The van der Waals surface area contributed by atoms with Crippen molar-refractivity contribution in [1.82, 2.24) is 0 Å². The predicted octanol–water partition coefficient (Wildman–Crippen LogP) is 3.67. The van der Waals surface area contributed by atoms with E-state index < -0.39 is 5.97 Å². The van der Waals surface area contributed by atoms with Crippen LogP contribution < -0.4 is 4.73 Å². The number of carboxylic acids is 1. The van der Waals surface area contributed by atoms with Gasteiger partial charge in [-0.3, -0.25) is 5.21 Å². The van der Waals surface area contributed by atoms with Gasteiger partial charge in [-0.1, -0.05) is 19.1 Å². The van der Waals surface area contributed by atoms with Crippen molar-refractivity contribution in [3.05, 3.63) is 65.5 Å². The van der Waals surface area contributed by atoms with Gasteiger partial charge in [0.15, 0.2) is 0 Å². The maximum atomic E-state index is 10.9. The van der Waals surface area contributed by atoms with Crippen LogP contribution in [0.2, 0.25) is 0 Å². The molecule has 0 aliphatic heterocycles. The Hall–Kier alpha value is -2.36. The van der Waals surface area contributed by atoms with Crippen molar-refractivity contribution in [2.75, 3.05) is 0 Å². The van der Waals surface area contributed by atoms with E-state index in [1.807, 2.05) is 18.2 Å². The van der Waals surface area contributed by atoms with Crippen molar-refractivity contribution in [3.63, 3.8) is 0 Å². The van der Waals surface area contributed by atoms with Gasteiger partial charge in [-0.25, -0.2) is 4.79 Å². The zero-order valence-corrected chi connectivity index (χ0v) is 13.9. The second-order valence-corrected chi connectivity index (χ2v) is 6.95. The van der Waals surface area contributed by atoms with Crippen molar-refractivity contribution < 1.29 is 19.8 Å². The average molecular weight is 326 g/mol. The number of pyridine rings is 1. The SMILES string of the molecule is C[C@H](c1ccc[n+](O)c1)[C@H]1CCC(Cc2ccc(C(=O)O)cc2)C1. The number of carbonyl (C=O) groups is 1. The van der Waals surface area contributed by atoms with Gasteiger partial charge in [0.05, 0.1) is 5.56 Å². The minimum absolute atomic E-state index is 0.345. The van der Waals surface area contributed by atoms with E-state index in [1.165, 1.54) is 30.4 Å². The Morgan fingerprint density at radius 1 is 1.25 bits per heavy atom. The zero-order valence-electron chi connectivity index (χ0n) is 13.9. The van der Waals surface area contributed by atoms with E-state index in [4.69, 9.17) is 5.11 Å². The monoisotopic (exact) mass is 326 g/mol. The highest BCUT2D eigenvalue weighted by molar-refractivity contribution is 5.87. The average Bonchev–Trinajstić information content (AvgIpc) is 3.03. The lowest BCUT2D eigenvalue weighted by molar-refractivity contribution is -0.905. The molecule has 1 fully saturated rings. The molecule has 1 aromatic carbocycles. The molecule has 3 atom stereocenters. The number of rotatable bonds is 5. The van der Waals surface area contributed by atoms with Crippen LogP contribution >= 0.6 is 0 Å². The first-order valence-electron chi connectivity index (χ1n) is 8.55. The Morgan fingerprint density at radius 2 is 2.00 bits per heavy atom. The van der Waals surface area contributed by atoms with E-state index in [0.717, 1.165) is 11.2 Å². The van der Waals surface area contributed by atoms with Gasteiger partial charge in [-0.05, 0) is 67.2 Å². The summed E-state index contributed by atoms with van der Waals surface area (Å²) >= 11 is 0. The van der Waals surface area contributed by atoms with Gasteiger partial charge in [0, 0.05) is 16.4 Å². The van der Waals surface area contributed by atoms with Crippen molar-refractivity contribution in [1.29, 1.82) is 0 Å². The number of nitrogens with zero attached hydrogens (tertiary/aromatic N) is 1. The maximum absolute atomic E-state index is 10.9. The smallest absolute Gasteiger partial charge is 0.335 e. The van der Waals surface area contributed by atoms with Crippen molar-refractivity contribution in [2.45, 2.75) is 38.5 Å². The molecule has 126 valence electrons. The molecule has 1 aliphatic rings. The van der Waals surface area contributed by atoms with Gasteiger partial charge in [0.25, 0.3) is 0 Å². The molecule has 0 spiro atoms. The van der Waals surface area contributed by atoms with E-state index in [2.05, 4.69) is 13.0 Å². The molecule has 4 nitrogen and oxygen atoms in total. The highest BCUT2D eigenvalue weighted by Gasteiger charge is 2.30. The van der Waals surface area contributed by atoms with Crippen molar-refractivity contribution in [2.24, 2.45) is 11.8 Å². The molecule has 1 heterocycles. The van der Waals surface area contributed by atoms with Gasteiger partial charge < -0.3 is 5.11 Å². The van der Waals surface area contributed by atoms with E-state index in [0.29, 0.717) is 23.3 Å². The molecule has 2 N–H and O–H groups in total. The summed E-state index contributed by atoms with van der Waals surface area (Å²) in [6, 6.07) is 11.2.